The zero-order chi connectivity index (χ0) is 17.5. The van der Waals surface area contributed by atoms with Gasteiger partial charge in [-0.1, -0.05) is 48.5 Å². The van der Waals surface area contributed by atoms with Crippen molar-refractivity contribution in [3.63, 3.8) is 0 Å². The Morgan fingerprint density at radius 2 is 1.60 bits per heavy atom. The minimum atomic E-state index is -0.405. The van der Waals surface area contributed by atoms with E-state index in [0.29, 0.717) is 6.61 Å². The third kappa shape index (κ3) is 4.40. The first-order valence-electron chi connectivity index (χ1n) is 9.19. The summed E-state index contributed by atoms with van der Waals surface area (Å²) in [6, 6.07) is 20.5. The average Bonchev–Trinajstić information content (AvgIpc) is 2.64. The SMILES string of the molecule is CC(O)C(c1ccccc1)[N+]1(CCOc2ccccc2)CCNCC1. The topological polar surface area (TPSA) is 41.5 Å². The maximum Gasteiger partial charge on any atom is 0.141 e. The van der Waals surface area contributed by atoms with Crippen molar-refractivity contribution < 1.29 is 14.3 Å². The van der Waals surface area contributed by atoms with Crippen LogP contribution in [-0.4, -0.2) is 55.0 Å². The number of benzene rings is 2. The number of hydrogen-bond acceptors (Lipinski definition) is 3. The van der Waals surface area contributed by atoms with Crippen LogP contribution in [-0.2, 0) is 0 Å². The van der Waals surface area contributed by atoms with Gasteiger partial charge in [0.2, 0.25) is 0 Å². The van der Waals surface area contributed by atoms with Gasteiger partial charge in [-0.15, -0.1) is 0 Å². The van der Waals surface area contributed by atoms with E-state index in [2.05, 4.69) is 29.6 Å². The van der Waals surface area contributed by atoms with Crippen LogP contribution in [0.4, 0.5) is 0 Å². The van der Waals surface area contributed by atoms with E-state index in [1.807, 2.05) is 43.3 Å². The molecule has 25 heavy (non-hydrogen) atoms. The molecule has 1 heterocycles. The third-order valence-corrected chi connectivity index (χ3v) is 5.20. The van der Waals surface area contributed by atoms with Crippen molar-refractivity contribution >= 4 is 0 Å². The van der Waals surface area contributed by atoms with Crippen LogP contribution < -0.4 is 10.1 Å². The summed E-state index contributed by atoms with van der Waals surface area (Å²) in [4.78, 5) is 0. The molecule has 0 aromatic heterocycles. The summed E-state index contributed by atoms with van der Waals surface area (Å²) in [7, 11) is 0. The molecule has 1 saturated heterocycles. The minimum absolute atomic E-state index is 0.0719. The first kappa shape index (κ1) is 17.9. The maximum absolute atomic E-state index is 10.6. The van der Waals surface area contributed by atoms with Crippen LogP contribution in [0.2, 0.25) is 0 Å². The summed E-state index contributed by atoms with van der Waals surface area (Å²) < 4.78 is 6.84. The van der Waals surface area contributed by atoms with Gasteiger partial charge in [0.15, 0.2) is 0 Å². The molecule has 4 heteroatoms. The highest BCUT2D eigenvalue weighted by molar-refractivity contribution is 5.21. The predicted molar refractivity (Wildman–Crippen MR) is 101 cm³/mol. The summed E-state index contributed by atoms with van der Waals surface area (Å²) in [6.07, 6.45) is -0.405. The molecule has 0 radical (unpaired) electrons. The van der Waals surface area contributed by atoms with E-state index in [-0.39, 0.29) is 6.04 Å². The van der Waals surface area contributed by atoms with Gasteiger partial charge in [-0.25, -0.2) is 0 Å². The van der Waals surface area contributed by atoms with E-state index in [1.165, 1.54) is 5.56 Å². The Morgan fingerprint density at radius 1 is 1.00 bits per heavy atom. The molecular formula is C21H29N2O2+. The smallest absolute Gasteiger partial charge is 0.141 e. The number of para-hydroxylation sites is 1. The van der Waals surface area contributed by atoms with Gasteiger partial charge >= 0.3 is 0 Å². The molecule has 3 rings (SSSR count). The fourth-order valence-corrected chi connectivity index (χ4v) is 4.05. The Hall–Kier alpha value is -1.88. The fourth-order valence-electron chi connectivity index (χ4n) is 4.05. The molecule has 0 amide bonds. The van der Waals surface area contributed by atoms with Crippen LogP contribution in [0.25, 0.3) is 0 Å². The molecule has 2 aromatic rings. The van der Waals surface area contributed by atoms with Crippen molar-refractivity contribution in [2.45, 2.75) is 19.1 Å². The van der Waals surface area contributed by atoms with Crippen molar-refractivity contribution in [1.29, 1.82) is 0 Å². The van der Waals surface area contributed by atoms with E-state index < -0.39 is 6.10 Å². The second-order valence-corrected chi connectivity index (χ2v) is 6.90. The molecule has 0 saturated carbocycles. The van der Waals surface area contributed by atoms with Gasteiger partial charge in [-0.05, 0) is 19.1 Å². The Balaban J connectivity index is 1.79. The van der Waals surface area contributed by atoms with Crippen LogP contribution in [0.5, 0.6) is 5.75 Å². The Bertz CT molecular complexity index is 625. The molecule has 1 fully saturated rings. The van der Waals surface area contributed by atoms with Gasteiger partial charge in [0, 0.05) is 18.7 Å². The number of nitrogens with zero attached hydrogens (tertiary/aromatic N) is 1. The normalized spacial score (nSPS) is 19.1. The van der Waals surface area contributed by atoms with E-state index in [1.54, 1.807) is 0 Å². The van der Waals surface area contributed by atoms with E-state index in [4.69, 9.17) is 4.74 Å². The molecule has 0 aliphatic carbocycles. The monoisotopic (exact) mass is 341 g/mol. The second-order valence-electron chi connectivity index (χ2n) is 6.90. The van der Waals surface area contributed by atoms with Gasteiger partial charge in [0.25, 0.3) is 0 Å². The molecule has 1 aliphatic heterocycles. The lowest BCUT2D eigenvalue weighted by Gasteiger charge is -2.48. The number of rotatable bonds is 7. The van der Waals surface area contributed by atoms with Crippen molar-refractivity contribution in [1.82, 2.24) is 5.32 Å². The van der Waals surface area contributed by atoms with Crippen LogP contribution in [0.3, 0.4) is 0 Å². The average molecular weight is 341 g/mol. The molecule has 2 atom stereocenters. The molecule has 2 unspecified atom stereocenters. The lowest BCUT2D eigenvalue weighted by Crippen LogP contribution is -2.63. The van der Waals surface area contributed by atoms with Crippen LogP contribution >= 0.6 is 0 Å². The number of ether oxygens (including phenoxy) is 1. The number of hydrogen-bond donors (Lipinski definition) is 2. The van der Waals surface area contributed by atoms with Crippen LogP contribution in [0.1, 0.15) is 18.5 Å². The predicted octanol–water partition coefficient (Wildman–Crippen LogP) is 2.61. The highest BCUT2D eigenvalue weighted by Crippen LogP contribution is 2.32. The molecule has 0 bridgehead atoms. The summed E-state index contributed by atoms with van der Waals surface area (Å²) in [5.74, 6) is 0.907. The lowest BCUT2D eigenvalue weighted by atomic mass is 9.96. The Kier molecular flexibility index (Phi) is 6.08. The van der Waals surface area contributed by atoms with Crippen molar-refractivity contribution in [2.75, 3.05) is 39.3 Å². The molecule has 0 spiro atoms. The van der Waals surface area contributed by atoms with E-state index in [9.17, 15) is 5.11 Å². The van der Waals surface area contributed by atoms with Crippen molar-refractivity contribution in [3.05, 3.63) is 66.2 Å². The van der Waals surface area contributed by atoms with Crippen molar-refractivity contribution in [2.24, 2.45) is 0 Å². The van der Waals surface area contributed by atoms with Gasteiger partial charge in [0.05, 0.1) is 13.1 Å². The van der Waals surface area contributed by atoms with E-state index >= 15 is 0 Å². The van der Waals surface area contributed by atoms with Crippen LogP contribution in [0, 0.1) is 0 Å². The number of aliphatic hydroxyl groups excluding tert-OH is 1. The fraction of sp³-hybridized carbons (Fsp3) is 0.429. The first-order valence-corrected chi connectivity index (χ1v) is 9.19. The molecule has 134 valence electrons. The summed E-state index contributed by atoms with van der Waals surface area (Å²) in [5.41, 5.74) is 1.21. The van der Waals surface area contributed by atoms with Gasteiger partial charge in [-0.3, -0.25) is 0 Å². The lowest BCUT2D eigenvalue weighted by molar-refractivity contribution is -0.961. The van der Waals surface area contributed by atoms with Crippen molar-refractivity contribution in [3.8, 4) is 5.75 Å². The zero-order valence-corrected chi connectivity index (χ0v) is 15.0. The van der Waals surface area contributed by atoms with Crippen LogP contribution in [0.15, 0.2) is 60.7 Å². The third-order valence-electron chi connectivity index (χ3n) is 5.20. The Morgan fingerprint density at radius 3 is 2.20 bits per heavy atom. The zero-order valence-electron chi connectivity index (χ0n) is 15.0. The Labute approximate surface area is 150 Å². The quantitative estimate of drug-likeness (QED) is 0.761. The molecule has 2 aromatic carbocycles. The number of aliphatic hydroxyl groups is 1. The van der Waals surface area contributed by atoms with E-state index in [0.717, 1.165) is 43.0 Å². The second kappa shape index (κ2) is 8.48. The number of piperazine rings is 1. The highest BCUT2D eigenvalue weighted by atomic mass is 16.5. The number of quaternary nitrogens is 1. The van der Waals surface area contributed by atoms with Gasteiger partial charge in [0.1, 0.15) is 31.0 Å². The number of nitrogens with one attached hydrogen (secondary N) is 1. The minimum Gasteiger partial charge on any atom is -0.488 e. The van der Waals surface area contributed by atoms with Gasteiger partial charge in [-0.2, -0.15) is 0 Å². The molecular weight excluding hydrogens is 312 g/mol. The summed E-state index contributed by atoms with van der Waals surface area (Å²) in [5, 5.41) is 14.1. The molecule has 1 aliphatic rings. The first-order chi connectivity index (χ1) is 12.2. The summed E-state index contributed by atoms with van der Waals surface area (Å²) >= 11 is 0. The molecule has 2 N–H and O–H groups in total. The van der Waals surface area contributed by atoms with Gasteiger partial charge < -0.3 is 19.6 Å². The maximum atomic E-state index is 10.6. The molecule has 4 nitrogen and oxygen atoms in total. The largest absolute Gasteiger partial charge is 0.488 e. The standard InChI is InChI=1S/C21H29N2O2/c1-18(24)21(19-8-4-2-5-9-19)23(14-12-22-13-15-23)16-17-25-20-10-6-3-7-11-20/h2-11,18,21-22,24H,12-17H2,1H3/q+1. The highest BCUT2D eigenvalue weighted by Gasteiger charge is 2.41. The summed E-state index contributed by atoms with van der Waals surface area (Å²) in [6.45, 7) is 7.41.